The molecule has 0 saturated carbocycles. The summed E-state index contributed by atoms with van der Waals surface area (Å²) < 4.78 is 8.37. The van der Waals surface area contributed by atoms with Crippen molar-refractivity contribution in [1.82, 2.24) is 0 Å². The molecule has 2 aromatic carbocycles. The Morgan fingerprint density at radius 2 is 2.05 bits per heavy atom. The number of hydrogen-bond donors (Lipinski definition) is 0. The van der Waals surface area contributed by atoms with Gasteiger partial charge in [-0.1, -0.05) is 18.2 Å². The van der Waals surface area contributed by atoms with E-state index in [0.717, 1.165) is 12.2 Å². The number of fused-ring (bicyclic) bond motifs is 2. The van der Waals surface area contributed by atoms with Gasteiger partial charge in [-0.2, -0.15) is 4.58 Å². The molecule has 2 aliphatic heterocycles. The highest BCUT2D eigenvalue weighted by molar-refractivity contribution is 6.23. The molecule has 0 atom stereocenters. The molecular formula is C20H22NO+. The molecule has 112 valence electrons. The molecule has 0 spiro atoms. The van der Waals surface area contributed by atoms with Gasteiger partial charge in [-0.3, -0.25) is 0 Å². The third-order valence-electron chi connectivity index (χ3n) is 4.88. The van der Waals surface area contributed by atoms with Crippen molar-refractivity contribution in [2.45, 2.75) is 39.7 Å². The van der Waals surface area contributed by atoms with Crippen LogP contribution < -0.4 is 4.74 Å². The fourth-order valence-corrected chi connectivity index (χ4v) is 4.08. The summed E-state index contributed by atoms with van der Waals surface area (Å²) in [5.41, 5.74) is 5.64. The van der Waals surface area contributed by atoms with Crippen LogP contribution >= 0.6 is 0 Å². The molecule has 0 bridgehead atoms. The van der Waals surface area contributed by atoms with Gasteiger partial charge < -0.3 is 4.74 Å². The molecule has 22 heavy (non-hydrogen) atoms. The molecule has 2 heterocycles. The van der Waals surface area contributed by atoms with Crippen molar-refractivity contribution in [2.24, 2.45) is 0 Å². The molecule has 0 N–H and O–H groups in total. The van der Waals surface area contributed by atoms with Gasteiger partial charge in [0.15, 0.2) is 5.54 Å². The van der Waals surface area contributed by atoms with Gasteiger partial charge in [0.05, 0.1) is 17.6 Å². The maximum absolute atomic E-state index is 5.84. The predicted molar refractivity (Wildman–Crippen MR) is 91.6 cm³/mol. The predicted octanol–water partition coefficient (Wildman–Crippen LogP) is 4.81. The molecule has 2 aliphatic rings. The number of hydrogen-bond acceptors (Lipinski definition) is 1. The van der Waals surface area contributed by atoms with Crippen molar-refractivity contribution in [2.75, 3.05) is 6.61 Å². The highest BCUT2D eigenvalue weighted by atomic mass is 16.5. The maximum Gasteiger partial charge on any atom is 0.217 e. The monoisotopic (exact) mass is 292 g/mol. The zero-order valence-electron chi connectivity index (χ0n) is 13.7. The number of allylic oxidation sites excluding steroid dienone is 1. The van der Waals surface area contributed by atoms with Gasteiger partial charge in [-0.05, 0) is 26.0 Å². The Morgan fingerprint density at radius 3 is 2.77 bits per heavy atom. The van der Waals surface area contributed by atoms with E-state index in [-0.39, 0.29) is 5.54 Å². The Morgan fingerprint density at radius 1 is 1.23 bits per heavy atom. The molecule has 2 nitrogen and oxygen atoms in total. The Hall–Kier alpha value is -2.09. The van der Waals surface area contributed by atoms with Gasteiger partial charge in [-0.15, -0.1) is 0 Å². The number of nitrogens with zero attached hydrogens (tertiary/aromatic N) is 1. The molecule has 0 saturated heterocycles. The summed E-state index contributed by atoms with van der Waals surface area (Å²) in [4.78, 5) is 0. The Labute approximate surface area is 131 Å². The Balaban J connectivity index is 2.08. The zero-order chi connectivity index (χ0) is 15.5. The van der Waals surface area contributed by atoms with E-state index in [4.69, 9.17) is 4.74 Å². The lowest BCUT2D eigenvalue weighted by Gasteiger charge is -2.16. The summed E-state index contributed by atoms with van der Waals surface area (Å²) >= 11 is 0. The first-order valence-corrected chi connectivity index (χ1v) is 8.10. The summed E-state index contributed by atoms with van der Waals surface area (Å²) in [6, 6.07) is 10.9. The van der Waals surface area contributed by atoms with Crippen LogP contribution in [0.4, 0.5) is 5.69 Å². The van der Waals surface area contributed by atoms with Crippen LogP contribution in [-0.4, -0.2) is 22.4 Å². The summed E-state index contributed by atoms with van der Waals surface area (Å²) in [7, 11) is 0. The largest absolute Gasteiger partial charge is 0.493 e. The molecule has 0 radical (unpaired) electrons. The third-order valence-corrected chi connectivity index (χ3v) is 4.88. The van der Waals surface area contributed by atoms with Crippen LogP contribution in [0.1, 0.15) is 39.7 Å². The fraction of sp³-hybridized carbons (Fsp3) is 0.350. The first-order valence-electron chi connectivity index (χ1n) is 8.10. The average molecular weight is 292 g/mol. The molecule has 0 aromatic heterocycles. The van der Waals surface area contributed by atoms with E-state index in [0.29, 0.717) is 6.61 Å². The minimum Gasteiger partial charge on any atom is -0.493 e. The van der Waals surface area contributed by atoms with Crippen molar-refractivity contribution >= 4 is 22.2 Å². The summed E-state index contributed by atoms with van der Waals surface area (Å²) in [5.74, 6) is 0.990. The molecule has 0 fully saturated rings. The lowest BCUT2D eigenvalue weighted by Crippen LogP contribution is -2.28. The van der Waals surface area contributed by atoms with Crippen LogP contribution in [0.5, 0.6) is 5.75 Å². The number of rotatable bonds is 2. The van der Waals surface area contributed by atoms with E-state index in [9.17, 15) is 0 Å². The second-order valence-corrected chi connectivity index (χ2v) is 6.73. The van der Waals surface area contributed by atoms with Gasteiger partial charge in [0.1, 0.15) is 5.75 Å². The van der Waals surface area contributed by atoms with Crippen molar-refractivity contribution in [3.63, 3.8) is 0 Å². The lowest BCUT2D eigenvalue weighted by molar-refractivity contribution is -0.512. The van der Waals surface area contributed by atoms with Crippen molar-refractivity contribution in [3.05, 3.63) is 47.5 Å². The van der Waals surface area contributed by atoms with Gasteiger partial charge in [0, 0.05) is 37.3 Å². The highest BCUT2D eigenvalue weighted by Crippen LogP contribution is 2.48. The van der Waals surface area contributed by atoms with Crippen LogP contribution in [0.3, 0.4) is 0 Å². The minimum atomic E-state index is 0.121. The standard InChI is InChI=1S/C20H22NO/c1-5-13-12-20(3,4)21-16-10-11-17(22-6-2)14-8-7-9-15(18(14)16)19(13)21/h5,7-11H,6,12H2,1-4H3/q+1/b13-5+. The van der Waals surface area contributed by atoms with Crippen molar-refractivity contribution < 1.29 is 9.31 Å². The van der Waals surface area contributed by atoms with E-state index >= 15 is 0 Å². The molecule has 0 unspecified atom stereocenters. The van der Waals surface area contributed by atoms with E-state index in [2.05, 4.69) is 61.8 Å². The zero-order valence-corrected chi connectivity index (χ0v) is 13.7. The van der Waals surface area contributed by atoms with Crippen LogP contribution in [-0.2, 0) is 0 Å². The van der Waals surface area contributed by atoms with Gasteiger partial charge in [0.25, 0.3) is 0 Å². The molecule has 2 heteroatoms. The topological polar surface area (TPSA) is 12.2 Å². The van der Waals surface area contributed by atoms with Gasteiger partial charge >= 0.3 is 0 Å². The average Bonchev–Trinajstić information content (AvgIpc) is 2.98. The van der Waals surface area contributed by atoms with Gasteiger partial charge in [-0.25, -0.2) is 0 Å². The van der Waals surface area contributed by atoms with Crippen LogP contribution in [0.15, 0.2) is 42.0 Å². The van der Waals surface area contributed by atoms with E-state index in [1.165, 1.54) is 33.3 Å². The lowest BCUT2D eigenvalue weighted by atomic mass is 9.91. The van der Waals surface area contributed by atoms with E-state index in [1.54, 1.807) is 0 Å². The molecule has 4 rings (SSSR count). The summed E-state index contributed by atoms with van der Waals surface area (Å²) in [6.07, 6.45) is 3.37. The minimum absolute atomic E-state index is 0.121. The highest BCUT2D eigenvalue weighted by Gasteiger charge is 2.49. The van der Waals surface area contributed by atoms with Crippen molar-refractivity contribution in [1.29, 1.82) is 0 Å². The molecule has 2 aromatic rings. The molecular weight excluding hydrogens is 270 g/mol. The number of ether oxygens (including phenoxy) is 1. The van der Waals surface area contributed by atoms with Crippen LogP contribution in [0.2, 0.25) is 0 Å². The Kier molecular flexibility index (Phi) is 2.75. The van der Waals surface area contributed by atoms with Crippen molar-refractivity contribution in [3.8, 4) is 5.75 Å². The number of benzene rings is 2. The van der Waals surface area contributed by atoms with Crippen LogP contribution in [0.25, 0.3) is 10.8 Å². The first kappa shape index (κ1) is 13.6. The first-order chi connectivity index (χ1) is 10.6. The molecule has 0 amide bonds. The van der Waals surface area contributed by atoms with E-state index in [1.807, 2.05) is 6.92 Å². The second kappa shape index (κ2) is 4.45. The normalized spacial score (nSPS) is 20.1. The van der Waals surface area contributed by atoms with Crippen LogP contribution in [0, 0.1) is 0 Å². The quantitative estimate of drug-likeness (QED) is 0.723. The summed E-state index contributed by atoms with van der Waals surface area (Å²) in [5, 5.41) is 2.57. The fourth-order valence-electron chi connectivity index (χ4n) is 4.08. The third kappa shape index (κ3) is 1.58. The van der Waals surface area contributed by atoms with Gasteiger partial charge in [0.2, 0.25) is 11.4 Å². The molecule has 0 aliphatic carbocycles. The smallest absolute Gasteiger partial charge is 0.217 e. The van der Waals surface area contributed by atoms with E-state index < -0.39 is 0 Å². The summed E-state index contributed by atoms with van der Waals surface area (Å²) in [6.45, 7) is 9.55. The SMILES string of the molecule is C/C=C1\CC(C)(C)[N+]2=C1c1cccc3c(OCC)ccc2c13. The second-order valence-electron chi connectivity index (χ2n) is 6.73. The maximum atomic E-state index is 5.84. The Bertz CT molecular complexity index is 855.